The van der Waals surface area contributed by atoms with Crippen molar-refractivity contribution in [3.8, 4) is 58.1 Å². The maximum Gasteiger partial charge on any atom is 0.162 e. The standard InChI is InChI=1S/C78H124O4Si/c1-8-15-19-23-27-31-35-39-43-47-60-79-75-57-55-70(68-77(75)81-62-49-45-41-37-33-29-25-21-17-10-3)51-53-72-65-73(67-74(66-72)59-64-83(12-5,13-6)14-7)54-52-71-56-58-76(80-61-48-44-40-36-32-28-24-20-16-9-2)78(69-71)82-63-50-46-42-38-34-30-26-22-18-11-4/h55-58,65-69H,8-50,60-63H2,1-7H3. The van der Waals surface area contributed by atoms with Crippen LogP contribution in [0.25, 0.3) is 0 Å². The Balaban J connectivity index is 1.84. The van der Waals surface area contributed by atoms with E-state index >= 15 is 0 Å². The molecule has 4 nitrogen and oxygen atoms in total. The van der Waals surface area contributed by atoms with Crippen LogP contribution in [0.1, 0.15) is 333 Å². The fourth-order valence-corrected chi connectivity index (χ4v) is 13.5. The number of unbranched alkanes of at least 4 members (excludes halogenated alkanes) is 36. The van der Waals surface area contributed by atoms with Gasteiger partial charge in [0.2, 0.25) is 0 Å². The third-order valence-corrected chi connectivity index (χ3v) is 21.8. The van der Waals surface area contributed by atoms with Gasteiger partial charge in [-0.1, -0.05) is 309 Å². The van der Waals surface area contributed by atoms with Crippen LogP contribution in [0.15, 0.2) is 54.6 Å². The molecule has 0 fully saturated rings. The molecule has 3 rings (SSSR count). The van der Waals surface area contributed by atoms with E-state index in [1.165, 1.54) is 231 Å². The molecule has 0 aliphatic heterocycles. The molecule has 3 aromatic carbocycles. The second kappa shape index (κ2) is 51.0. The predicted octanol–water partition coefficient (Wildman–Crippen LogP) is 24.1. The lowest BCUT2D eigenvalue weighted by molar-refractivity contribution is 0.258. The van der Waals surface area contributed by atoms with E-state index in [4.69, 9.17) is 18.9 Å². The number of ether oxygens (including phenoxy) is 4. The van der Waals surface area contributed by atoms with Gasteiger partial charge in [-0.15, -0.1) is 5.54 Å². The Morgan fingerprint density at radius 2 is 0.470 bits per heavy atom. The lowest BCUT2D eigenvalue weighted by Crippen LogP contribution is -2.29. The van der Waals surface area contributed by atoms with Gasteiger partial charge in [0.15, 0.2) is 23.0 Å². The van der Waals surface area contributed by atoms with Gasteiger partial charge in [-0.3, -0.25) is 0 Å². The second-order valence-electron chi connectivity index (χ2n) is 24.3. The molecule has 5 heteroatoms. The van der Waals surface area contributed by atoms with Gasteiger partial charge < -0.3 is 18.9 Å². The van der Waals surface area contributed by atoms with Gasteiger partial charge in [-0.05, 0) is 98.4 Å². The summed E-state index contributed by atoms with van der Waals surface area (Å²) in [4.78, 5) is 0. The average molecular weight is 1150 g/mol. The first-order valence-corrected chi connectivity index (χ1v) is 38.1. The molecule has 0 bridgehead atoms. The minimum absolute atomic E-state index is 0.685. The highest BCUT2D eigenvalue weighted by molar-refractivity contribution is 6.87. The molecule has 0 amide bonds. The summed E-state index contributed by atoms with van der Waals surface area (Å²) < 4.78 is 26.0. The van der Waals surface area contributed by atoms with E-state index in [9.17, 15) is 0 Å². The van der Waals surface area contributed by atoms with Crippen molar-refractivity contribution in [1.82, 2.24) is 0 Å². The maximum atomic E-state index is 6.54. The highest BCUT2D eigenvalue weighted by Gasteiger charge is 2.24. The second-order valence-corrected chi connectivity index (χ2v) is 29.3. The molecular weight excluding hydrogens is 1030 g/mol. The third-order valence-electron chi connectivity index (χ3n) is 17.0. The van der Waals surface area contributed by atoms with Crippen molar-refractivity contribution in [3.63, 3.8) is 0 Å². The van der Waals surface area contributed by atoms with E-state index in [-0.39, 0.29) is 0 Å². The van der Waals surface area contributed by atoms with Crippen molar-refractivity contribution in [2.24, 2.45) is 0 Å². The molecule has 0 spiro atoms. The first kappa shape index (κ1) is 73.0. The first-order valence-electron chi connectivity index (χ1n) is 35.4. The summed E-state index contributed by atoms with van der Waals surface area (Å²) in [6, 6.07) is 22.4. The van der Waals surface area contributed by atoms with Crippen LogP contribution in [-0.2, 0) is 0 Å². The molecule has 0 unspecified atom stereocenters. The number of benzene rings is 3. The first-order chi connectivity index (χ1) is 40.9. The average Bonchev–Trinajstić information content (AvgIpc) is 3.57. The molecule has 3 aromatic rings. The van der Waals surface area contributed by atoms with Crippen LogP contribution in [0.4, 0.5) is 0 Å². The van der Waals surface area contributed by atoms with E-state index in [1.807, 2.05) is 0 Å². The van der Waals surface area contributed by atoms with E-state index in [2.05, 4.69) is 138 Å². The Morgan fingerprint density at radius 3 is 0.735 bits per heavy atom. The zero-order chi connectivity index (χ0) is 59.4. The summed E-state index contributed by atoms with van der Waals surface area (Å²) in [5.74, 6) is 21.0. The van der Waals surface area contributed by atoms with Gasteiger partial charge in [0.1, 0.15) is 8.07 Å². The topological polar surface area (TPSA) is 36.9 Å². The molecule has 0 aliphatic carbocycles. The number of hydrogen-bond donors (Lipinski definition) is 0. The normalized spacial score (nSPS) is 11.1. The van der Waals surface area contributed by atoms with Crippen molar-refractivity contribution in [3.05, 3.63) is 82.4 Å². The molecule has 0 heterocycles. The SMILES string of the molecule is CCCCCCCCCCCCOc1ccc(C#Cc2cc(C#Cc3ccc(OCCCCCCCCCCCC)c(OCCCCCCCCCCCC)c3)cc(C#C[Si](CC)(CC)CC)c2)cc1OCCCCCCCCCCCC. The predicted molar refractivity (Wildman–Crippen MR) is 365 cm³/mol. The van der Waals surface area contributed by atoms with Crippen LogP contribution in [0, 0.1) is 35.1 Å². The molecule has 464 valence electrons. The maximum absolute atomic E-state index is 6.54. The summed E-state index contributed by atoms with van der Waals surface area (Å²) in [6.45, 7) is 18.9. The highest BCUT2D eigenvalue weighted by atomic mass is 28.3. The summed E-state index contributed by atoms with van der Waals surface area (Å²) >= 11 is 0. The molecule has 0 atom stereocenters. The third kappa shape index (κ3) is 36.4. The minimum Gasteiger partial charge on any atom is -0.490 e. The zero-order valence-corrected chi connectivity index (χ0v) is 56.1. The smallest absolute Gasteiger partial charge is 0.162 e. The van der Waals surface area contributed by atoms with Crippen LogP contribution in [0.5, 0.6) is 23.0 Å². The van der Waals surface area contributed by atoms with Crippen LogP contribution in [0.3, 0.4) is 0 Å². The molecule has 83 heavy (non-hydrogen) atoms. The van der Waals surface area contributed by atoms with Crippen LogP contribution < -0.4 is 18.9 Å². The molecule has 0 saturated carbocycles. The quantitative estimate of drug-likeness (QED) is 0.0321. The van der Waals surface area contributed by atoms with Crippen molar-refractivity contribution in [2.45, 2.75) is 323 Å². The van der Waals surface area contributed by atoms with Crippen molar-refractivity contribution in [2.75, 3.05) is 26.4 Å². The molecule has 0 N–H and O–H groups in total. The summed E-state index contributed by atoms with van der Waals surface area (Å²) in [7, 11) is -1.69. The summed E-state index contributed by atoms with van der Waals surface area (Å²) in [5.41, 5.74) is 8.44. The molecule has 0 aromatic heterocycles. The van der Waals surface area contributed by atoms with Crippen molar-refractivity contribution < 1.29 is 18.9 Å². The fraction of sp³-hybridized carbons (Fsp3) is 0.692. The largest absolute Gasteiger partial charge is 0.490 e. The minimum atomic E-state index is -1.69. The van der Waals surface area contributed by atoms with Gasteiger partial charge in [-0.2, -0.15) is 0 Å². The Bertz CT molecular complexity index is 2100. The summed E-state index contributed by atoms with van der Waals surface area (Å²) in [6.07, 6.45) is 52.1. The molecule has 0 saturated heterocycles. The molecule has 0 radical (unpaired) electrons. The van der Waals surface area contributed by atoms with Gasteiger partial charge >= 0.3 is 0 Å². The lowest BCUT2D eigenvalue weighted by atomic mass is 10.1. The fourth-order valence-electron chi connectivity index (χ4n) is 11.1. The van der Waals surface area contributed by atoms with Gasteiger partial charge in [0.25, 0.3) is 0 Å². The van der Waals surface area contributed by atoms with Gasteiger partial charge in [-0.25, -0.2) is 0 Å². The Hall–Kier alpha value is -4.24. The summed E-state index contributed by atoms with van der Waals surface area (Å²) in [5, 5.41) is 0. The van der Waals surface area contributed by atoms with Gasteiger partial charge in [0, 0.05) is 27.8 Å². The zero-order valence-electron chi connectivity index (χ0n) is 55.1. The number of rotatable bonds is 51. The van der Waals surface area contributed by atoms with Crippen molar-refractivity contribution >= 4 is 8.07 Å². The Morgan fingerprint density at radius 1 is 0.241 bits per heavy atom. The van der Waals surface area contributed by atoms with E-state index in [0.29, 0.717) is 26.4 Å². The number of hydrogen-bond acceptors (Lipinski definition) is 4. The molecular formula is C78H124O4Si. The Labute approximate surface area is 514 Å². The lowest BCUT2D eigenvalue weighted by Gasteiger charge is -2.20. The molecule has 0 aliphatic rings. The van der Waals surface area contributed by atoms with Gasteiger partial charge in [0.05, 0.1) is 26.4 Å². The van der Waals surface area contributed by atoms with Crippen LogP contribution in [-0.4, -0.2) is 34.5 Å². The van der Waals surface area contributed by atoms with Crippen LogP contribution >= 0.6 is 0 Å². The van der Waals surface area contributed by atoms with E-state index in [0.717, 1.165) is 94.6 Å². The van der Waals surface area contributed by atoms with Crippen molar-refractivity contribution in [1.29, 1.82) is 0 Å². The highest BCUT2D eigenvalue weighted by Crippen LogP contribution is 2.31. The van der Waals surface area contributed by atoms with E-state index < -0.39 is 8.07 Å². The van der Waals surface area contributed by atoms with Crippen LogP contribution in [0.2, 0.25) is 18.1 Å². The Kier molecular flexibility index (Phi) is 44.9. The monoisotopic (exact) mass is 1150 g/mol. The van der Waals surface area contributed by atoms with E-state index in [1.54, 1.807) is 0 Å².